The van der Waals surface area contributed by atoms with Gasteiger partial charge in [0, 0.05) is 24.2 Å². The number of nitrogens with zero attached hydrogens (tertiary/aromatic N) is 3. The van der Waals surface area contributed by atoms with Crippen LogP contribution in [-0.2, 0) is 15.4 Å². The smallest absolute Gasteiger partial charge is 0.384 e. The van der Waals surface area contributed by atoms with Gasteiger partial charge in [-0.3, -0.25) is 9.97 Å². The molecule has 1 atom stereocenters. The Kier molecular flexibility index (Phi) is 5.05. The lowest BCUT2D eigenvalue weighted by Crippen LogP contribution is -2.39. The number of alkyl halides is 3. The molecule has 0 spiro atoms. The Bertz CT molecular complexity index is 1110. The van der Waals surface area contributed by atoms with Gasteiger partial charge in [0.05, 0.1) is 21.2 Å². The van der Waals surface area contributed by atoms with Crippen LogP contribution in [0.5, 0.6) is 0 Å². The van der Waals surface area contributed by atoms with Gasteiger partial charge in [-0.1, -0.05) is 6.07 Å². The topological polar surface area (TPSA) is 119 Å². The van der Waals surface area contributed by atoms with Gasteiger partial charge in [0.15, 0.2) is 5.60 Å². The quantitative estimate of drug-likeness (QED) is 0.661. The Hall–Kier alpha value is -3.05. The van der Waals surface area contributed by atoms with E-state index in [0.717, 1.165) is 24.7 Å². The maximum absolute atomic E-state index is 12.9. The first-order valence-electron chi connectivity index (χ1n) is 8.11. The van der Waals surface area contributed by atoms with Gasteiger partial charge in [0.1, 0.15) is 5.82 Å². The summed E-state index contributed by atoms with van der Waals surface area (Å²) in [5.41, 5.74) is 2.44. The molecule has 29 heavy (non-hydrogen) atoms. The summed E-state index contributed by atoms with van der Waals surface area (Å²) in [5, 5.41) is 9.67. The van der Waals surface area contributed by atoms with E-state index in [1.54, 1.807) is 0 Å². The molecule has 0 amide bonds. The Morgan fingerprint density at radius 1 is 0.862 bits per heavy atom. The van der Waals surface area contributed by atoms with E-state index < -0.39 is 27.2 Å². The number of sulfone groups is 1. The normalized spacial score (nSPS) is 14.4. The highest BCUT2D eigenvalue weighted by atomic mass is 32.2. The second-order valence-corrected chi connectivity index (χ2v) is 8.25. The largest absolute Gasteiger partial charge is 0.421 e. The summed E-state index contributed by atoms with van der Waals surface area (Å²) >= 11 is 0. The van der Waals surface area contributed by atoms with Crippen molar-refractivity contribution in [2.75, 3.05) is 5.73 Å². The van der Waals surface area contributed by atoms with E-state index in [1.165, 1.54) is 30.3 Å². The van der Waals surface area contributed by atoms with Gasteiger partial charge in [-0.2, -0.15) is 13.2 Å². The molecule has 0 unspecified atom stereocenters. The number of anilines is 1. The molecule has 3 heterocycles. The lowest BCUT2D eigenvalue weighted by molar-refractivity contribution is -0.259. The van der Waals surface area contributed by atoms with Gasteiger partial charge in [0.2, 0.25) is 9.84 Å². The van der Waals surface area contributed by atoms with Crippen molar-refractivity contribution in [2.24, 2.45) is 0 Å². The van der Waals surface area contributed by atoms with Crippen LogP contribution in [0.1, 0.15) is 12.5 Å². The molecule has 0 aromatic carbocycles. The first-order chi connectivity index (χ1) is 13.4. The van der Waals surface area contributed by atoms with Gasteiger partial charge < -0.3 is 10.8 Å². The summed E-state index contributed by atoms with van der Waals surface area (Å²) in [7, 11) is -3.86. The zero-order valence-corrected chi connectivity index (χ0v) is 15.7. The monoisotopic (exact) mass is 424 g/mol. The van der Waals surface area contributed by atoms with E-state index in [-0.39, 0.29) is 27.0 Å². The van der Waals surface area contributed by atoms with E-state index in [1.807, 2.05) is 0 Å². The van der Waals surface area contributed by atoms with Crippen LogP contribution in [0.25, 0.3) is 11.4 Å². The predicted octanol–water partition coefficient (Wildman–Crippen LogP) is 2.72. The molecule has 11 heteroatoms. The number of nitrogen functional groups attached to an aromatic ring is 1. The fourth-order valence-electron chi connectivity index (χ4n) is 2.37. The molecule has 0 aliphatic rings. The highest BCUT2D eigenvalue weighted by molar-refractivity contribution is 7.91. The zero-order chi connectivity index (χ0) is 21.4. The fraction of sp³-hybridized carbons (Fsp3) is 0.167. The molecule has 0 radical (unpaired) electrons. The highest BCUT2D eigenvalue weighted by Gasteiger charge is 2.51. The standard InChI is InChI=1S/C18H15F3N4O3S/c1-17(26,18(19,20)21)11-2-5-14(23-8-11)15-6-3-12(9-24-15)29(27,28)13-4-7-16(22)25-10-13/h2-10,26H,1H3,(H2,22,25)/t17-/m0/s1. The first-order valence-corrected chi connectivity index (χ1v) is 9.60. The number of aliphatic hydroxyl groups is 1. The van der Waals surface area contributed by atoms with Crippen molar-refractivity contribution < 1.29 is 26.7 Å². The Balaban J connectivity index is 1.88. The van der Waals surface area contributed by atoms with Crippen molar-refractivity contribution in [3.63, 3.8) is 0 Å². The van der Waals surface area contributed by atoms with Crippen molar-refractivity contribution in [1.29, 1.82) is 0 Å². The summed E-state index contributed by atoms with van der Waals surface area (Å²) in [6, 6.07) is 7.70. The first kappa shape index (κ1) is 20.7. The number of halogens is 3. The molecular weight excluding hydrogens is 409 g/mol. The van der Waals surface area contributed by atoms with Crippen LogP contribution in [0.2, 0.25) is 0 Å². The fourth-order valence-corrected chi connectivity index (χ4v) is 3.52. The third-order valence-electron chi connectivity index (χ3n) is 4.26. The number of nitrogens with two attached hydrogens (primary N) is 1. The molecular formula is C18H15F3N4O3S. The number of rotatable bonds is 4. The van der Waals surface area contributed by atoms with E-state index in [2.05, 4.69) is 15.0 Å². The second-order valence-electron chi connectivity index (χ2n) is 6.30. The number of aromatic nitrogens is 3. The summed E-state index contributed by atoms with van der Waals surface area (Å²) in [5.74, 6) is 0.177. The van der Waals surface area contributed by atoms with E-state index in [0.29, 0.717) is 6.92 Å². The molecule has 3 rings (SSSR count). The third kappa shape index (κ3) is 3.91. The molecule has 152 valence electrons. The molecule has 7 nitrogen and oxygen atoms in total. The van der Waals surface area contributed by atoms with Crippen molar-refractivity contribution in [3.05, 3.63) is 60.6 Å². The maximum Gasteiger partial charge on any atom is 0.421 e. The average molecular weight is 424 g/mol. The van der Waals surface area contributed by atoms with Crippen molar-refractivity contribution in [2.45, 2.75) is 28.5 Å². The molecule has 0 saturated heterocycles. The lowest BCUT2D eigenvalue weighted by Gasteiger charge is -2.26. The summed E-state index contributed by atoms with van der Waals surface area (Å²) in [4.78, 5) is 11.5. The molecule has 3 aromatic rings. The predicted molar refractivity (Wildman–Crippen MR) is 97.2 cm³/mol. The van der Waals surface area contributed by atoms with Gasteiger partial charge in [0.25, 0.3) is 0 Å². The van der Waals surface area contributed by atoms with Crippen molar-refractivity contribution in [3.8, 4) is 11.4 Å². The lowest BCUT2D eigenvalue weighted by atomic mass is 9.97. The van der Waals surface area contributed by atoms with Crippen LogP contribution in [0.15, 0.2) is 64.8 Å². The van der Waals surface area contributed by atoms with Crippen molar-refractivity contribution >= 4 is 15.7 Å². The van der Waals surface area contributed by atoms with Crippen LogP contribution in [0.4, 0.5) is 19.0 Å². The van der Waals surface area contributed by atoms with Crippen LogP contribution in [0.3, 0.4) is 0 Å². The van der Waals surface area contributed by atoms with Gasteiger partial charge in [-0.05, 0) is 37.3 Å². The van der Waals surface area contributed by atoms with E-state index in [9.17, 15) is 26.7 Å². The maximum atomic E-state index is 12.9. The van der Waals surface area contributed by atoms with Gasteiger partial charge in [-0.15, -0.1) is 0 Å². The van der Waals surface area contributed by atoms with Crippen LogP contribution in [0, 0.1) is 0 Å². The molecule has 0 aliphatic carbocycles. The Morgan fingerprint density at radius 2 is 1.38 bits per heavy atom. The summed E-state index contributed by atoms with van der Waals surface area (Å²) in [6.45, 7) is 0.633. The Labute approximate surface area is 164 Å². The van der Waals surface area contributed by atoms with Gasteiger partial charge in [-0.25, -0.2) is 13.4 Å². The SMILES string of the molecule is C[C@](O)(c1ccc(-c2ccc(S(=O)(=O)c3ccc(N)nc3)cn2)nc1)C(F)(F)F. The minimum absolute atomic E-state index is 0.0573. The molecule has 0 aliphatic heterocycles. The molecule has 3 N–H and O–H groups in total. The third-order valence-corrected chi connectivity index (χ3v) is 5.98. The number of hydrogen-bond donors (Lipinski definition) is 2. The van der Waals surface area contributed by atoms with Crippen molar-refractivity contribution in [1.82, 2.24) is 15.0 Å². The minimum atomic E-state index is -4.86. The number of pyridine rings is 3. The van der Waals surface area contributed by atoms with Crippen LogP contribution >= 0.6 is 0 Å². The zero-order valence-electron chi connectivity index (χ0n) is 14.9. The average Bonchev–Trinajstić information content (AvgIpc) is 2.68. The Morgan fingerprint density at radius 3 is 1.79 bits per heavy atom. The van der Waals surface area contributed by atoms with E-state index >= 15 is 0 Å². The highest BCUT2D eigenvalue weighted by Crippen LogP contribution is 2.38. The molecule has 0 fully saturated rings. The summed E-state index contributed by atoms with van der Waals surface area (Å²) < 4.78 is 63.8. The minimum Gasteiger partial charge on any atom is -0.384 e. The summed E-state index contributed by atoms with van der Waals surface area (Å²) in [6.07, 6.45) is -1.72. The van der Waals surface area contributed by atoms with E-state index in [4.69, 9.17) is 5.73 Å². The van der Waals surface area contributed by atoms with Crippen LogP contribution in [-0.4, -0.2) is 34.7 Å². The van der Waals surface area contributed by atoms with Gasteiger partial charge >= 0.3 is 6.18 Å². The number of hydrogen-bond acceptors (Lipinski definition) is 7. The molecule has 0 saturated carbocycles. The van der Waals surface area contributed by atoms with Crippen LogP contribution < -0.4 is 5.73 Å². The second kappa shape index (κ2) is 7.08. The molecule has 0 bridgehead atoms. The molecule has 3 aromatic heterocycles.